The van der Waals surface area contributed by atoms with Crippen molar-refractivity contribution in [3.05, 3.63) is 35.9 Å². The normalized spacial score (nSPS) is 25.1. The Kier molecular flexibility index (Phi) is 3.87. The topological polar surface area (TPSA) is 43.8 Å². The predicted molar refractivity (Wildman–Crippen MR) is 70.5 cm³/mol. The van der Waals surface area contributed by atoms with Gasteiger partial charge in [-0.3, -0.25) is 4.90 Å². The predicted octanol–water partition coefficient (Wildman–Crippen LogP) is 2.26. The summed E-state index contributed by atoms with van der Waals surface area (Å²) in [6.45, 7) is 6.43. The molecule has 0 unspecified atom stereocenters. The molecule has 1 amide bonds. The summed E-state index contributed by atoms with van der Waals surface area (Å²) in [4.78, 5) is 15.0. The highest BCUT2D eigenvalue weighted by Gasteiger charge is 2.32. The molecular formula is C14H20N2O2. The second-order valence-electron chi connectivity index (χ2n) is 5.07. The third-order valence-electron chi connectivity index (χ3n) is 3.46. The molecule has 0 saturated carbocycles. The second-order valence-corrected chi connectivity index (χ2v) is 5.07. The van der Waals surface area contributed by atoms with Crippen molar-refractivity contribution in [2.45, 2.75) is 32.5 Å². The number of rotatable bonds is 2. The summed E-state index contributed by atoms with van der Waals surface area (Å²) in [7, 11) is 0. The van der Waals surface area contributed by atoms with Crippen LogP contribution in [-0.4, -0.2) is 46.2 Å². The van der Waals surface area contributed by atoms with Crippen molar-refractivity contribution in [2.24, 2.45) is 0 Å². The standard InChI is InChI=1S/C14H20N2O2/c1-11-8-15(9-12(2)16(11)14(17)18)10-13-6-4-3-5-7-13/h3-7,11-12H,8-10H2,1-2H3,(H,17,18)/t11-,12-/m1/s1. The summed E-state index contributed by atoms with van der Waals surface area (Å²) >= 11 is 0. The molecule has 1 aliphatic rings. The van der Waals surface area contributed by atoms with E-state index in [9.17, 15) is 4.79 Å². The number of nitrogens with zero attached hydrogens (tertiary/aromatic N) is 2. The van der Waals surface area contributed by atoms with E-state index in [1.54, 1.807) is 4.90 Å². The van der Waals surface area contributed by atoms with Crippen molar-refractivity contribution in [1.29, 1.82) is 0 Å². The molecule has 0 spiro atoms. The number of carboxylic acid groups (broad SMARTS) is 1. The molecule has 1 aromatic rings. The average Bonchev–Trinajstić information content (AvgIpc) is 2.28. The lowest BCUT2D eigenvalue weighted by Gasteiger charge is -2.42. The Balaban J connectivity index is 2.00. The van der Waals surface area contributed by atoms with Crippen LogP contribution in [-0.2, 0) is 6.54 Å². The first kappa shape index (κ1) is 12.9. The Labute approximate surface area is 108 Å². The van der Waals surface area contributed by atoms with E-state index in [4.69, 9.17) is 5.11 Å². The molecule has 1 N–H and O–H groups in total. The van der Waals surface area contributed by atoms with Gasteiger partial charge in [0.05, 0.1) is 0 Å². The fourth-order valence-electron chi connectivity index (χ4n) is 2.78. The monoisotopic (exact) mass is 248 g/mol. The first-order valence-electron chi connectivity index (χ1n) is 6.35. The van der Waals surface area contributed by atoms with E-state index in [1.807, 2.05) is 32.0 Å². The van der Waals surface area contributed by atoms with E-state index in [0.29, 0.717) is 0 Å². The van der Waals surface area contributed by atoms with Crippen molar-refractivity contribution in [3.8, 4) is 0 Å². The number of hydrogen-bond donors (Lipinski definition) is 1. The van der Waals surface area contributed by atoms with Crippen molar-refractivity contribution in [3.63, 3.8) is 0 Å². The molecule has 98 valence electrons. The summed E-state index contributed by atoms with van der Waals surface area (Å²) in [6.07, 6.45) is -0.811. The minimum atomic E-state index is -0.811. The van der Waals surface area contributed by atoms with E-state index >= 15 is 0 Å². The van der Waals surface area contributed by atoms with E-state index in [2.05, 4.69) is 17.0 Å². The van der Waals surface area contributed by atoms with Gasteiger partial charge < -0.3 is 10.0 Å². The Morgan fingerprint density at radius 3 is 2.28 bits per heavy atom. The maximum Gasteiger partial charge on any atom is 0.407 e. The summed E-state index contributed by atoms with van der Waals surface area (Å²) < 4.78 is 0. The second kappa shape index (κ2) is 5.40. The van der Waals surface area contributed by atoms with Crippen LogP contribution >= 0.6 is 0 Å². The van der Waals surface area contributed by atoms with Crippen molar-refractivity contribution in [1.82, 2.24) is 9.80 Å². The molecule has 2 atom stereocenters. The van der Waals surface area contributed by atoms with Crippen LogP contribution in [0.5, 0.6) is 0 Å². The maximum atomic E-state index is 11.1. The first-order valence-corrected chi connectivity index (χ1v) is 6.35. The molecule has 4 heteroatoms. The first-order chi connectivity index (χ1) is 8.58. The zero-order valence-corrected chi connectivity index (χ0v) is 10.9. The highest BCUT2D eigenvalue weighted by molar-refractivity contribution is 5.66. The van der Waals surface area contributed by atoms with Crippen LogP contribution in [0, 0.1) is 0 Å². The fourth-order valence-corrected chi connectivity index (χ4v) is 2.78. The molecule has 18 heavy (non-hydrogen) atoms. The van der Waals surface area contributed by atoms with Crippen LogP contribution in [0.25, 0.3) is 0 Å². The van der Waals surface area contributed by atoms with Crippen LogP contribution in [0.3, 0.4) is 0 Å². The number of amides is 1. The molecule has 0 aromatic heterocycles. The number of benzene rings is 1. The van der Waals surface area contributed by atoms with Gasteiger partial charge in [-0.25, -0.2) is 4.79 Å². The van der Waals surface area contributed by atoms with Crippen LogP contribution in [0.2, 0.25) is 0 Å². The molecular weight excluding hydrogens is 228 g/mol. The van der Waals surface area contributed by atoms with Crippen LogP contribution in [0.15, 0.2) is 30.3 Å². The summed E-state index contributed by atoms with van der Waals surface area (Å²) in [5, 5.41) is 9.16. The van der Waals surface area contributed by atoms with Crippen LogP contribution in [0.4, 0.5) is 4.79 Å². The minimum absolute atomic E-state index is 0.0509. The lowest BCUT2D eigenvalue weighted by atomic mass is 10.1. The number of carbonyl (C=O) groups is 1. The van der Waals surface area contributed by atoms with Gasteiger partial charge in [-0.1, -0.05) is 30.3 Å². The van der Waals surface area contributed by atoms with Gasteiger partial charge in [0.25, 0.3) is 0 Å². The zero-order chi connectivity index (χ0) is 13.1. The summed E-state index contributed by atoms with van der Waals surface area (Å²) in [5.74, 6) is 0. The summed E-state index contributed by atoms with van der Waals surface area (Å²) in [5.41, 5.74) is 1.28. The fraction of sp³-hybridized carbons (Fsp3) is 0.500. The van der Waals surface area contributed by atoms with Gasteiger partial charge in [0.1, 0.15) is 0 Å². The molecule has 0 radical (unpaired) electrons. The van der Waals surface area contributed by atoms with E-state index in [0.717, 1.165) is 19.6 Å². The lowest BCUT2D eigenvalue weighted by Crippen LogP contribution is -2.57. The van der Waals surface area contributed by atoms with E-state index < -0.39 is 6.09 Å². The molecule has 4 nitrogen and oxygen atoms in total. The number of hydrogen-bond acceptors (Lipinski definition) is 2. The van der Waals surface area contributed by atoms with Crippen molar-refractivity contribution >= 4 is 6.09 Å². The molecule has 0 bridgehead atoms. The van der Waals surface area contributed by atoms with E-state index in [-0.39, 0.29) is 12.1 Å². The molecule has 1 aliphatic heterocycles. The Bertz CT molecular complexity index is 396. The molecule has 0 aliphatic carbocycles. The Morgan fingerprint density at radius 1 is 1.22 bits per heavy atom. The zero-order valence-electron chi connectivity index (χ0n) is 10.9. The molecule has 1 aromatic carbocycles. The largest absolute Gasteiger partial charge is 0.465 e. The van der Waals surface area contributed by atoms with E-state index in [1.165, 1.54) is 5.56 Å². The minimum Gasteiger partial charge on any atom is -0.465 e. The van der Waals surface area contributed by atoms with Gasteiger partial charge in [-0.15, -0.1) is 0 Å². The third-order valence-corrected chi connectivity index (χ3v) is 3.46. The van der Waals surface area contributed by atoms with Gasteiger partial charge >= 0.3 is 6.09 Å². The van der Waals surface area contributed by atoms with Crippen LogP contribution in [0.1, 0.15) is 19.4 Å². The van der Waals surface area contributed by atoms with Gasteiger partial charge in [-0.05, 0) is 19.4 Å². The maximum absolute atomic E-state index is 11.1. The van der Waals surface area contributed by atoms with Gasteiger partial charge in [-0.2, -0.15) is 0 Å². The highest BCUT2D eigenvalue weighted by Crippen LogP contribution is 2.17. The molecule has 1 fully saturated rings. The average molecular weight is 248 g/mol. The Morgan fingerprint density at radius 2 is 1.78 bits per heavy atom. The quantitative estimate of drug-likeness (QED) is 0.873. The molecule has 2 rings (SSSR count). The van der Waals surface area contributed by atoms with Crippen molar-refractivity contribution < 1.29 is 9.90 Å². The van der Waals surface area contributed by atoms with Gasteiger partial charge in [0, 0.05) is 31.7 Å². The van der Waals surface area contributed by atoms with Gasteiger partial charge in [0.15, 0.2) is 0 Å². The highest BCUT2D eigenvalue weighted by atomic mass is 16.4. The van der Waals surface area contributed by atoms with Crippen LogP contribution < -0.4 is 0 Å². The summed E-state index contributed by atoms with van der Waals surface area (Å²) in [6, 6.07) is 10.4. The molecule has 1 saturated heterocycles. The van der Waals surface area contributed by atoms with Gasteiger partial charge in [0.2, 0.25) is 0 Å². The van der Waals surface area contributed by atoms with Crippen molar-refractivity contribution in [2.75, 3.05) is 13.1 Å². The Hall–Kier alpha value is -1.55. The smallest absolute Gasteiger partial charge is 0.407 e. The third kappa shape index (κ3) is 2.82. The SMILES string of the molecule is C[C@@H]1CN(Cc2ccccc2)C[C@@H](C)N1C(=O)O. The lowest BCUT2D eigenvalue weighted by molar-refractivity contribution is 0.0381. The molecule has 1 heterocycles. The number of piperazine rings is 1.